The van der Waals surface area contributed by atoms with E-state index < -0.39 is 0 Å². The van der Waals surface area contributed by atoms with Gasteiger partial charge in [0.1, 0.15) is 0 Å². The Balaban J connectivity index is 1.29. The maximum atomic E-state index is 12.6. The summed E-state index contributed by atoms with van der Waals surface area (Å²) >= 11 is 0. The van der Waals surface area contributed by atoms with Gasteiger partial charge in [0.05, 0.1) is 12.7 Å². The largest absolute Gasteiger partial charge is 0.372 e. The number of aromatic nitrogens is 2. The van der Waals surface area contributed by atoms with E-state index in [0.717, 1.165) is 30.8 Å². The lowest BCUT2D eigenvalue weighted by Crippen LogP contribution is -2.24. The minimum atomic E-state index is -0.0163. The van der Waals surface area contributed by atoms with Crippen molar-refractivity contribution in [2.75, 3.05) is 25.0 Å². The molecule has 3 aromatic rings. The lowest BCUT2D eigenvalue weighted by atomic mass is 10.1. The molecule has 0 spiro atoms. The molecule has 166 valence electrons. The molecular formula is C27H32N4O. The van der Waals surface area contributed by atoms with Crippen LogP contribution in [-0.2, 0) is 17.9 Å². The van der Waals surface area contributed by atoms with Crippen molar-refractivity contribution >= 4 is 17.7 Å². The van der Waals surface area contributed by atoms with E-state index in [0.29, 0.717) is 6.54 Å². The topological polar surface area (TPSA) is 41.4 Å². The number of amides is 1. The molecule has 1 aromatic heterocycles. The van der Waals surface area contributed by atoms with Crippen LogP contribution in [0.1, 0.15) is 42.4 Å². The highest BCUT2D eigenvalue weighted by Crippen LogP contribution is 2.20. The molecule has 5 nitrogen and oxygen atoms in total. The number of hydrogen-bond acceptors (Lipinski definition) is 3. The molecule has 2 aromatic carbocycles. The Morgan fingerprint density at radius 1 is 0.969 bits per heavy atom. The second-order valence-corrected chi connectivity index (χ2v) is 8.55. The van der Waals surface area contributed by atoms with E-state index in [4.69, 9.17) is 0 Å². The van der Waals surface area contributed by atoms with Crippen LogP contribution in [0.2, 0.25) is 0 Å². The van der Waals surface area contributed by atoms with Crippen LogP contribution in [0.15, 0.2) is 73.1 Å². The summed E-state index contributed by atoms with van der Waals surface area (Å²) in [5.41, 5.74) is 4.55. The van der Waals surface area contributed by atoms with Gasteiger partial charge < -0.3 is 9.80 Å². The molecule has 1 aliphatic rings. The molecule has 5 heteroatoms. The highest BCUT2D eigenvalue weighted by molar-refractivity contribution is 5.91. The summed E-state index contributed by atoms with van der Waals surface area (Å²) in [6, 6.07) is 18.8. The summed E-state index contributed by atoms with van der Waals surface area (Å²) in [6.45, 7) is 3.54. The van der Waals surface area contributed by atoms with Crippen LogP contribution in [0.3, 0.4) is 0 Å². The summed E-state index contributed by atoms with van der Waals surface area (Å²) in [5, 5.41) is 4.43. The SMILES string of the molecule is CN(Cc1cnn(Cc2ccccc2)c1)C(=O)/C=C/c1ccc(N2CCCCCC2)cc1. The molecule has 0 bridgehead atoms. The predicted molar refractivity (Wildman–Crippen MR) is 130 cm³/mol. The van der Waals surface area contributed by atoms with E-state index in [1.807, 2.05) is 48.4 Å². The summed E-state index contributed by atoms with van der Waals surface area (Å²) in [6.07, 6.45) is 12.6. The fourth-order valence-electron chi connectivity index (χ4n) is 4.12. The third-order valence-corrected chi connectivity index (χ3v) is 5.95. The van der Waals surface area contributed by atoms with Crippen LogP contribution >= 0.6 is 0 Å². The van der Waals surface area contributed by atoms with Gasteiger partial charge >= 0.3 is 0 Å². The van der Waals surface area contributed by atoms with Crippen molar-refractivity contribution in [3.63, 3.8) is 0 Å². The number of anilines is 1. The second kappa shape index (κ2) is 10.8. The normalized spacial score (nSPS) is 14.5. The minimum Gasteiger partial charge on any atom is -0.372 e. The van der Waals surface area contributed by atoms with Gasteiger partial charge in [-0.05, 0) is 42.2 Å². The maximum absolute atomic E-state index is 12.6. The summed E-state index contributed by atoms with van der Waals surface area (Å²) in [4.78, 5) is 16.8. The number of carbonyl (C=O) groups is 1. The molecule has 1 amide bonds. The molecule has 0 N–H and O–H groups in total. The average molecular weight is 429 g/mol. The fraction of sp³-hybridized carbons (Fsp3) is 0.333. The number of benzene rings is 2. The van der Waals surface area contributed by atoms with Crippen molar-refractivity contribution in [2.45, 2.75) is 38.8 Å². The highest BCUT2D eigenvalue weighted by Gasteiger charge is 2.10. The standard InChI is InChI=1S/C27H32N4O/c1-29(20-25-19-28-31(22-25)21-24-9-5-4-6-10-24)27(32)16-13-23-11-14-26(15-12-23)30-17-7-2-3-8-18-30/h4-6,9-16,19,22H,2-3,7-8,17-18,20-21H2,1H3/b16-13+. The Labute approximate surface area is 191 Å². The van der Waals surface area contributed by atoms with Crippen molar-refractivity contribution in [2.24, 2.45) is 0 Å². The van der Waals surface area contributed by atoms with Gasteiger partial charge in [0.25, 0.3) is 0 Å². The van der Waals surface area contributed by atoms with Gasteiger partial charge in [-0.1, -0.05) is 55.3 Å². The maximum Gasteiger partial charge on any atom is 0.246 e. The van der Waals surface area contributed by atoms with Crippen molar-refractivity contribution < 1.29 is 4.79 Å². The van der Waals surface area contributed by atoms with Gasteiger partial charge in [-0.3, -0.25) is 9.48 Å². The van der Waals surface area contributed by atoms with Crippen LogP contribution in [0.5, 0.6) is 0 Å². The molecule has 1 fully saturated rings. The van der Waals surface area contributed by atoms with E-state index in [2.05, 4.69) is 46.4 Å². The van der Waals surface area contributed by atoms with Crippen molar-refractivity contribution in [1.82, 2.24) is 14.7 Å². The highest BCUT2D eigenvalue weighted by atomic mass is 16.2. The fourth-order valence-corrected chi connectivity index (χ4v) is 4.12. The molecule has 4 rings (SSSR count). The first-order valence-electron chi connectivity index (χ1n) is 11.5. The van der Waals surface area contributed by atoms with Crippen LogP contribution in [0, 0.1) is 0 Å². The zero-order valence-electron chi connectivity index (χ0n) is 18.9. The third kappa shape index (κ3) is 6.10. The summed E-state index contributed by atoms with van der Waals surface area (Å²) in [7, 11) is 1.82. The third-order valence-electron chi connectivity index (χ3n) is 5.95. The number of likely N-dealkylation sites (N-methyl/N-ethyl adjacent to an activating group) is 1. The van der Waals surface area contributed by atoms with Gasteiger partial charge in [-0.2, -0.15) is 5.10 Å². The molecule has 0 unspecified atom stereocenters. The molecular weight excluding hydrogens is 396 g/mol. The lowest BCUT2D eigenvalue weighted by molar-refractivity contribution is -0.125. The lowest BCUT2D eigenvalue weighted by Gasteiger charge is -2.22. The zero-order valence-corrected chi connectivity index (χ0v) is 18.9. The molecule has 32 heavy (non-hydrogen) atoms. The number of hydrogen-bond donors (Lipinski definition) is 0. The molecule has 0 radical (unpaired) electrons. The Kier molecular flexibility index (Phi) is 7.38. The Morgan fingerprint density at radius 3 is 2.41 bits per heavy atom. The van der Waals surface area contributed by atoms with Crippen molar-refractivity contribution in [3.8, 4) is 0 Å². The van der Waals surface area contributed by atoms with Crippen molar-refractivity contribution in [1.29, 1.82) is 0 Å². The Morgan fingerprint density at radius 2 is 1.69 bits per heavy atom. The first-order valence-corrected chi connectivity index (χ1v) is 11.5. The zero-order chi connectivity index (χ0) is 22.2. The van der Waals surface area contributed by atoms with Crippen LogP contribution in [0.4, 0.5) is 5.69 Å². The number of nitrogens with zero attached hydrogens (tertiary/aromatic N) is 4. The van der Waals surface area contributed by atoms with E-state index in [1.54, 1.807) is 11.0 Å². The summed E-state index contributed by atoms with van der Waals surface area (Å²) < 4.78 is 1.91. The van der Waals surface area contributed by atoms with Gasteiger partial charge in [-0.25, -0.2) is 0 Å². The second-order valence-electron chi connectivity index (χ2n) is 8.55. The van der Waals surface area contributed by atoms with Crippen LogP contribution < -0.4 is 4.90 Å². The number of carbonyl (C=O) groups excluding carboxylic acids is 1. The first kappa shape index (κ1) is 21.9. The Bertz CT molecular complexity index is 1020. The molecule has 2 heterocycles. The molecule has 1 aliphatic heterocycles. The molecule has 1 saturated heterocycles. The Hall–Kier alpha value is -3.34. The van der Waals surface area contributed by atoms with Gasteiger partial charge in [0.2, 0.25) is 5.91 Å². The van der Waals surface area contributed by atoms with E-state index >= 15 is 0 Å². The quantitative estimate of drug-likeness (QED) is 0.498. The average Bonchev–Trinajstić information content (AvgIpc) is 3.07. The van der Waals surface area contributed by atoms with E-state index in [-0.39, 0.29) is 5.91 Å². The van der Waals surface area contributed by atoms with Gasteiger partial charge in [0.15, 0.2) is 0 Å². The summed E-state index contributed by atoms with van der Waals surface area (Å²) in [5.74, 6) is -0.0163. The monoisotopic (exact) mass is 428 g/mol. The molecule has 0 saturated carbocycles. The van der Waals surface area contributed by atoms with Gasteiger partial charge in [-0.15, -0.1) is 0 Å². The van der Waals surface area contributed by atoms with Crippen LogP contribution in [0.25, 0.3) is 6.08 Å². The first-order chi connectivity index (χ1) is 15.7. The predicted octanol–water partition coefficient (Wildman–Crippen LogP) is 4.98. The molecule has 0 aliphatic carbocycles. The number of rotatable bonds is 7. The van der Waals surface area contributed by atoms with Gasteiger partial charge in [0, 0.05) is 50.2 Å². The minimum absolute atomic E-state index is 0.0163. The van der Waals surface area contributed by atoms with Crippen LogP contribution in [-0.4, -0.2) is 40.7 Å². The van der Waals surface area contributed by atoms with Crippen molar-refractivity contribution in [3.05, 3.63) is 89.8 Å². The molecule has 0 atom stereocenters. The smallest absolute Gasteiger partial charge is 0.246 e. The van der Waals surface area contributed by atoms with E-state index in [1.165, 1.54) is 36.9 Å². The van der Waals surface area contributed by atoms with E-state index in [9.17, 15) is 4.79 Å².